The topological polar surface area (TPSA) is 46.9 Å². The highest BCUT2D eigenvalue weighted by atomic mass is 32.2. The Kier molecular flexibility index (Phi) is 6.77. The number of fused-ring (bicyclic) bond motifs is 1. The molecule has 2 rings (SSSR count). The number of aryl methyl sites for hydroxylation is 1. The molecule has 120 valence electrons. The van der Waals surface area contributed by atoms with Crippen LogP contribution in [0.5, 0.6) is 0 Å². The normalized spacial score (nSPS) is 11.0. The largest absolute Gasteiger partial charge is 0.355 e. The second-order valence-electron chi connectivity index (χ2n) is 5.38. The molecule has 4 nitrogen and oxygen atoms in total. The average molecular weight is 319 g/mol. The molecule has 1 heterocycles. The molecule has 0 unspecified atom stereocenters. The number of benzene rings is 1. The molecular weight excluding hydrogens is 294 g/mol. The van der Waals surface area contributed by atoms with Crippen molar-refractivity contribution in [1.82, 2.24) is 14.9 Å². The van der Waals surface area contributed by atoms with Gasteiger partial charge in [0.25, 0.3) is 0 Å². The van der Waals surface area contributed by atoms with Crippen LogP contribution in [-0.4, -0.2) is 27.8 Å². The fourth-order valence-electron chi connectivity index (χ4n) is 2.35. The maximum absolute atomic E-state index is 11.8. The third kappa shape index (κ3) is 4.50. The molecule has 1 aromatic carbocycles. The molecule has 0 aliphatic heterocycles. The molecule has 0 aliphatic carbocycles. The van der Waals surface area contributed by atoms with Crippen molar-refractivity contribution in [2.24, 2.45) is 0 Å². The molecule has 0 bridgehead atoms. The third-order valence-electron chi connectivity index (χ3n) is 3.51. The summed E-state index contributed by atoms with van der Waals surface area (Å²) < 4.78 is 2.25. The minimum absolute atomic E-state index is 0.0824. The Morgan fingerprint density at radius 1 is 1.23 bits per heavy atom. The minimum Gasteiger partial charge on any atom is -0.355 e. The number of hydrogen-bond acceptors (Lipinski definition) is 3. The standard InChI is InChI=1S/C17H25N3OS/c1-3-5-8-12-20-15-10-7-6-9-14(15)19-17(20)22-13-16(21)18-11-4-2/h6-7,9-10H,3-5,8,11-13H2,1-2H3,(H,18,21). The SMILES string of the molecule is CCCCCn1c(SCC(=O)NCCC)nc2ccccc21. The number of aromatic nitrogens is 2. The molecule has 1 aromatic heterocycles. The van der Waals surface area contributed by atoms with E-state index in [1.807, 2.05) is 18.2 Å². The highest BCUT2D eigenvalue weighted by molar-refractivity contribution is 7.99. The van der Waals surface area contributed by atoms with Crippen LogP contribution in [0.15, 0.2) is 29.4 Å². The van der Waals surface area contributed by atoms with Gasteiger partial charge in [-0.25, -0.2) is 4.98 Å². The van der Waals surface area contributed by atoms with Gasteiger partial charge in [0.2, 0.25) is 5.91 Å². The number of nitrogens with one attached hydrogen (secondary N) is 1. The zero-order valence-electron chi connectivity index (χ0n) is 13.5. The summed E-state index contributed by atoms with van der Waals surface area (Å²) in [7, 11) is 0. The van der Waals surface area contributed by atoms with Crippen molar-refractivity contribution in [2.45, 2.75) is 51.2 Å². The van der Waals surface area contributed by atoms with Gasteiger partial charge in [-0.15, -0.1) is 0 Å². The summed E-state index contributed by atoms with van der Waals surface area (Å²) in [6.45, 7) is 5.97. The first-order valence-corrected chi connectivity index (χ1v) is 9.09. The van der Waals surface area contributed by atoms with Gasteiger partial charge in [0, 0.05) is 13.1 Å². The van der Waals surface area contributed by atoms with Crippen LogP contribution in [0, 0.1) is 0 Å². The summed E-state index contributed by atoms with van der Waals surface area (Å²) in [5.41, 5.74) is 2.17. The molecule has 1 amide bonds. The summed E-state index contributed by atoms with van der Waals surface area (Å²) >= 11 is 1.53. The fraction of sp³-hybridized carbons (Fsp3) is 0.529. The lowest BCUT2D eigenvalue weighted by atomic mass is 10.2. The van der Waals surface area contributed by atoms with Crippen LogP contribution in [0.2, 0.25) is 0 Å². The highest BCUT2D eigenvalue weighted by Gasteiger charge is 2.12. The number of carbonyl (C=O) groups excluding carboxylic acids is 1. The lowest BCUT2D eigenvalue weighted by molar-refractivity contribution is -0.118. The van der Waals surface area contributed by atoms with Crippen molar-refractivity contribution in [3.63, 3.8) is 0 Å². The quantitative estimate of drug-likeness (QED) is 0.564. The number of hydrogen-bond donors (Lipinski definition) is 1. The summed E-state index contributed by atoms with van der Waals surface area (Å²) in [4.78, 5) is 16.5. The maximum Gasteiger partial charge on any atom is 0.230 e. The Hall–Kier alpha value is -1.49. The molecular formula is C17H25N3OS. The van der Waals surface area contributed by atoms with Gasteiger partial charge >= 0.3 is 0 Å². The number of nitrogens with zero attached hydrogens (tertiary/aromatic N) is 2. The van der Waals surface area contributed by atoms with Crippen LogP contribution < -0.4 is 5.32 Å². The molecule has 0 fully saturated rings. The molecule has 1 N–H and O–H groups in total. The lowest BCUT2D eigenvalue weighted by Crippen LogP contribution is -2.25. The Morgan fingerprint density at radius 3 is 2.82 bits per heavy atom. The summed E-state index contributed by atoms with van der Waals surface area (Å²) in [6, 6.07) is 8.19. The monoisotopic (exact) mass is 319 g/mol. The first-order chi connectivity index (χ1) is 10.8. The van der Waals surface area contributed by atoms with E-state index in [-0.39, 0.29) is 5.91 Å². The lowest BCUT2D eigenvalue weighted by Gasteiger charge is -2.08. The number of unbranched alkanes of at least 4 members (excludes halogenated alkanes) is 2. The number of amides is 1. The maximum atomic E-state index is 11.8. The van der Waals surface area contributed by atoms with Crippen LogP contribution in [0.25, 0.3) is 11.0 Å². The number of thioether (sulfide) groups is 1. The Balaban J connectivity index is 2.09. The highest BCUT2D eigenvalue weighted by Crippen LogP contribution is 2.24. The van der Waals surface area contributed by atoms with E-state index in [4.69, 9.17) is 0 Å². The second kappa shape index (κ2) is 8.83. The molecule has 5 heteroatoms. The average Bonchev–Trinajstić information content (AvgIpc) is 2.89. The van der Waals surface area contributed by atoms with E-state index in [1.165, 1.54) is 24.6 Å². The zero-order valence-corrected chi connectivity index (χ0v) is 14.3. The molecule has 0 radical (unpaired) electrons. The smallest absolute Gasteiger partial charge is 0.230 e. The molecule has 2 aromatic rings. The third-order valence-corrected chi connectivity index (χ3v) is 4.49. The van der Waals surface area contributed by atoms with Crippen LogP contribution >= 0.6 is 11.8 Å². The predicted molar refractivity (Wildman–Crippen MR) is 93.3 cm³/mol. The Bertz CT molecular complexity index is 609. The van der Waals surface area contributed by atoms with E-state index in [2.05, 4.69) is 34.8 Å². The zero-order chi connectivity index (χ0) is 15.8. The van der Waals surface area contributed by atoms with Gasteiger partial charge in [-0.2, -0.15) is 0 Å². The van der Waals surface area contributed by atoms with Crippen LogP contribution in [-0.2, 0) is 11.3 Å². The van der Waals surface area contributed by atoms with E-state index in [9.17, 15) is 4.79 Å². The molecule has 22 heavy (non-hydrogen) atoms. The molecule has 0 atom stereocenters. The molecule has 0 spiro atoms. The van der Waals surface area contributed by atoms with Gasteiger partial charge in [0.05, 0.1) is 16.8 Å². The number of carbonyl (C=O) groups is 1. The second-order valence-corrected chi connectivity index (χ2v) is 6.32. The number of para-hydroxylation sites is 2. The summed E-state index contributed by atoms with van der Waals surface area (Å²) in [5.74, 6) is 0.510. The van der Waals surface area contributed by atoms with Crippen LogP contribution in [0.3, 0.4) is 0 Å². The van der Waals surface area contributed by atoms with E-state index in [0.717, 1.165) is 42.1 Å². The van der Waals surface area contributed by atoms with Gasteiger partial charge in [-0.05, 0) is 25.0 Å². The van der Waals surface area contributed by atoms with Gasteiger partial charge < -0.3 is 9.88 Å². The van der Waals surface area contributed by atoms with Crippen LogP contribution in [0.1, 0.15) is 39.5 Å². The van der Waals surface area contributed by atoms with Gasteiger partial charge in [-0.3, -0.25) is 4.79 Å². The van der Waals surface area contributed by atoms with E-state index < -0.39 is 0 Å². The minimum atomic E-state index is 0.0824. The van der Waals surface area contributed by atoms with Crippen molar-refractivity contribution in [2.75, 3.05) is 12.3 Å². The van der Waals surface area contributed by atoms with Crippen molar-refractivity contribution in [3.05, 3.63) is 24.3 Å². The van der Waals surface area contributed by atoms with Gasteiger partial charge in [-0.1, -0.05) is 50.6 Å². The Morgan fingerprint density at radius 2 is 2.05 bits per heavy atom. The molecule has 0 saturated heterocycles. The van der Waals surface area contributed by atoms with E-state index in [0.29, 0.717) is 5.75 Å². The van der Waals surface area contributed by atoms with Crippen molar-refractivity contribution >= 4 is 28.7 Å². The Labute approximate surface area is 136 Å². The predicted octanol–water partition coefficient (Wildman–Crippen LogP) is 3.84. The van der Waals surface area contributed by atoms with Gasteiger partial charge in [0.1, 0.15) is 0 Å². The number of rotatable bonds is 9. The summed E-state index contributed by atoms with van der Waals surface area (Å²) in [6.07, 6.45) is 4.53. The number of imidazole rings is 1. The van der Waals surface area contributed by atoms with E-state index >= 15 is 0 Å². The van der Waals surface area contributed by atoms with Gasteiger partial charge in [0.15, 0.2) is 5.16 Å². The van der Waals surface area contributed by atoms with Crippen molar-refractivity contribution in [3.8, 4) is 0 Å². The van der Waals surface area contributed by atoms with Crippen molar-refractivity contribution < 1.29 is 4.79 Å². The first-order valence-electron chi connectivity index (χ1n) is 8.11. The molecule has 0 saturated carbocycles. The first kappa shape index (κ1) is 16.9. The van der Waals surface area contributed by atoms with E-state index in [1.54, 1.807) is 0 Å². The summed E-state index contributed by atoms with van der Waals surface area (Å²) in [5, 5.41) is 3.86. The van der Waals surface area contributed by atoms with Crippen LogP contribution in [0.4, 0.5) is 0 Å². The van der Waals surface area contributed by atoms with Crippen molar-refractivity contribution in [1.29, 1.82) is 0 Å². The fourth-order valence-corrected chi connectivity index (χ4v) is 3.22. The molecule has 0 aliphatic rings.